The van der Waals surface area contributed by atoms with Crippen molar-refractivity contribution in [2.24, 2.45) is 0 Å². The number of rotatable bonds is 9. The van der Waals surface area contributed by atoms with Gasteiger partial charge in [-0.05, 0) is 50.3 Å². The molecule has 1 saturated heterocycles. The minimum Gasteiger partial charge on any atom is -0.507 e. The molecule has 0 aromatic heterocycles. The second-order valence-corrected chi connectivity index (χ2v) is 8.10. The van der Waals surface area contributed by atoms with Crippen molar-refractivity contribution >= 4 is 17.4 Å². The molecule has 8 nitrogen and oxygen atoms in total. The number of hydrogen-bond donors (Lipinski definition) is 2. The summed E-state index contributed by atoms with van der Waals surface area (Å²) in [5.74, 6) is -1.19. The maximum atomic E-state index is 13.1. The summed E-state index contributed by atoms with van der Waals surface area (Å²) in [6.45, 7) is 3.35. The summed E-state index contributed by atoms with van der Waals surface area (Å²) in [5.41, 5.74) is 0.604. The summed E-state index contributed by atoms with van der Waals surface area (Å²) in [6.07, 6.45) is 0.836. The molecule has 1 fully saturated rings. The maximum Gasteiger partial charge on any atom is 0.295 e. The van der Waals surface area contributed by atoms with Gasteiger partial charge >= 0.3 is 0 Å². The van der Waals surface area contributed by atoms with Gasteiger partial charge in [-0.2, -0.15) is 0 Å². The number of Topliss-reactive ketones (excluding diaryl/α,β-unsaturated/α-hetero) is 1. The third-order valence-corrected chi connectivity index (χ3v) is 5.43. The van der Waals surface area contributed by atoms with Crippen molar-refractivity contribution in [2.75, 3.05) is 40.9 Å². The smallest absolute Gasteiger partial charge is 0.295 e. The molecular formula is C25H30N2O6. The summed E-state index contributed by atoms with van der Waals surface area (Å²) in [5, 5.41) is 21.6. The van der Waals surface area contributed by atoms with Crippen molar-refractivity contribution in [1.82, 2.24) is 9.80 Å². The SMILES string of the molecule is CCCOc1cccc(C2C(=C(O)c3ccc(OC)cc3O)C(=O)C(=O)N2CCN(C)C)c1. The summed E-state index contributed by atoms with van der Waals surface area (Å²) >= 11 is 0. The van der Waals surface area contributed by atoms with Crippen LogP contribution in [-0.2, 0) is 9.59 Å². The van der Waals surface area contributed by atoms with E-state index in [1.807, 2.05) is 25.9 Å². The van der Waals surface area contributed by atoms with Crippen LogP contribution in [0.25, 0.3) is 5.76 Å². The Hall–Kier alpha value is -3.52. The predicted octanol–water partition coefficient (Wildman–Crippen LogP) is 3.17. The highest BCUT2D eigenvalue weighted by molar-refractivity contribution is 6.46. The average molecular weight is 455 g/mol. The molecule has 0 aliphatic carbocycles. The number of aliphatic hydroxyl groups is 1. The molecule has 2 aromatic carbocycles. The number of methoxy groups -OCH3 is 1. The number of phenols is 1. The monoisotopic (exact) mass is 454 g/mol. The molecule has 1 aliphatic heterocycles. The molecular weight excluding hydrogens is 424 g/mol. The van der Waals surface area contributed by atoms with E-state index in [0.29, 0.717) is 30.2 Å². The highest BCUT2D eigenvalue weighted by Gasteiger charge is 2.46. The molecule has 2 N–H and O–H groups in total. The summed E-state index contributed by atoms with van der Waals surface area (Å²) < 4.78 is 10.8. The molecule has 33 heavy (non-hydrogen) atoms. The lowest BCUT2D eigenvalue weighted by atomic mass is 9.94. The van der Waals surface area contributed by atoms with Crippen LogP contribution < -0.4 is 9.47 Å². The van der Waals surface area contributed by atoms with Gasteiger partial charge in [0.25, 0.3) is 11.7 Å². The Labute approximate surface area is 193 Å². The van der Waals surface area contributed by atoms with Crippen LogP contribution in [0.4, 0.5) is 0 Å². The third-order valence-electron chi connectivity index (χ3n) is 5.43. The molecule has 1 heterocycles. The topological polar surface area (TPSA) is 99.5 Å². The van der Waals surface area contributed by atoms with Gasteiger partial charge in [-0.25, -0.2) is 0 Å². The fourth-order valence-electron chi connectivity index (χ4n) is 3.74. The van der Waals surface area contributed by atoms with E-state index in [4.69, 9.17) is 9.47 Å². The molecule has 1 unspecified atom stereocenters. The predicted molar refractivity (Wildman–Crippen MR) is 124 cm³/mol. The van der Waals surface area contributed by atoms with Crippen molar-refractivity contribution < 1.29 is 29.3 Å². The lowest BCUT2D eigenvalue weighted by Crippen LogP contribution is -2.35. The van der Waals surface area contributed by atoms with E-state index in [-0.39, 0.29) is 23.4 Å². The molecule has 2 aromatic rings. The van der Waals surface area contributed by atoms with E-state index in [1.165, 1.54) is 24.1 Å². The number of amides is 1. The van der Waals surface area contributed by atoms with Crippen molar-refractivity contribution in [3.8, 4) is 17.2 Å². The first-order chi connectivity index (χ1) is 15.8. The first-order valence-electron chi connectivity index (χ1n) is 10.8. The molecule has 1 atom stereocenters. The zero-order valence-corrected chi connectivity index (χ0v) is 19.4. The van der Waals surface area contributed by atoms with Crippen LogP contribution in [0.1, 0.15) is 30.5 Å². The quantitative estimate of drug-likeness (QED) is 0.341. The van der Waals surface area contributed by atoms with Crippen molar-refractivity contribution in [2.45, 2.75) is 19.4 Å². The number of nitrogens with zero attached hydrogens (tertiary/aromatic N) is 2. The summed E-state index contributed by atoms with van der Waals surface area (Å²) in [7, 11) is 5.21. The van der Waals surface area contributed by atoms with Crippen LogP contribution in [0.15, 0.2) is 48.0 Å². The number of carbonyl (C=O) groups is 2. The molecule has 0 spiro atoms. The minimum atomic E-state index is -0.823. The van der Waals surface area contributed by atoms with E-state index in [1.54, 1.807) is 30.3 Å². The van der Waals surface area contributed by atoms with Gasteiger partial charge in [0.05, 0.1) is 30.9 Å². The molecule has 1 amide bonds. The number of ether oxygens (including phenoxy) is 2. The number of likely N-dealkylation sites (tertiary alicyclic amines) is 1. The molecule has 8 heteroatoms. The molecule has 3 rings (SSSR count). The number of benzene rings is 2. The van der Waals surface area contributed by atoms with Crippen LogP contribution in [0.3, 0.4) is 0 Å². The molecule has 0 saturated carbocycles. The zero-order valence-electron chi connectivity index (χ0n) is 19.4. The first kappa shape index (κ1) is 24.1. The maximum absolute atomic E-state index is 13.1. The molecule has 176 valence electrons. The van der Waals surface area contributed by atoms with Crippen molar-refractivity contribution in [1.29, 1.82) is 0 Å². The largest absolute Gasteiger partial charge is 0.507 e. The fraction of sp³-hybridized carbons (Fsp3) is 0.360. The van der Waals surface area contributed by atoms with Gasteiger partial charge in [0.2, 0.25) is 0 Å². The summed E-state index contributed by atoms with van der Waals surface area (Å²) in [6, 6.07) is 10.7. The van der Waals surface area contributed by atoms with Gasteiger partial charge in [-0.3, -0.25) is 9.59 Å². The van der Waals surface area contributed by atoms with Crippen molar-refractivity contribution in [3.63, 3.8) is 0 Å². The Balaban J connectivity index is 2.15. The lowest BCUT2D eigenvalue weighted by Gasteiger charge is -2.27. The van der Waals surface area contributed by atoms with E-state index in [0.717, 1.165) is 6.42 Å². The van der Waals surface area contributed by atoms with Crippen molar-refractivity contribution in [3.05, 3.63) is 59.2 Å². The Kier molecular flexibility index (Phi) is 7.60. The van der Waals surface area contributed by atoms with Crippen LogP contribution >= 0.6 is 0 Å². The van der Waals surface area contributed by atoms with Gasteiger partial charge in [-0.1, -0.05) is 19.1 Å². The Morgan fingerprint density at radius 2 is 1.88 bits per heavy atom. The number of likely N-dealkylation sites (N-methyl/N-ethyl adjacent to an activating group) is 1. The number of carbonyl (C=O) groups excluding carboxylic acids is 2. The van der Waals surface area contributed by atoms with E-state index < -0.39 is 23.5 Å². The number of aliphatic hydroxyl groups excluding tert-OH is 1. The van der Waals surface area contributed by atoms with Crippen LogP contribution in [-0.4, -0.2) is 72.6 Å². The average Bonchev–Trinajstić information content (AvgIpc) is 3.05. The van der Waals surface area contributed by atoms with Gasteiger partial charge in [-0.15, -0.1) is 0 Å². The van der Waals surface area contributed by atoms with E-state index >= 15 is 0 Å². The van der Waals surface area contributed by atoms with Gasteiger partial charge < -0.3 is 29.5 Å². The zero-order chi connectivity index (χ0) is 24.1. The Bertz CT molecular complexity index is 1060. The lowest BCUT2D eigenvalue weighted by molar-refractivity contribution is -0.140. The highest BCUT2D eigenvalue weighted by atomic mass is 16.5. The number of aromatic hydroxyl groups is 1. The summed E-state index contributed by atoms with van der Waals surface area (Å²) in [4.78, 5) is 29.4. The second-order valence-electron chi connectivity index (χ2n) is 8.10. The van der Waals surface area contributed by atoms with Crippen LogP contribution in [0, 0.1) is 0 Å². The number of ketones is 1. The Morgan fingerprint density at radius 3 is 2.52 bits per heavy atom. The molecule has 0 radical (unpaired) electrons. The van der Waals surface area contributed by atoms with Gasteiger partial charge in [0.1, 0.15) is 23.0 Å². The molecule has 1 aliphatic rings. The Morgan fingerprint density at radius 1 is 1.12 bits per heavy atom. The van der Waals surface area contributed by atoms with Crippen LogP contribution in [0.2, 0.25) is 0 Å². The first-order valence-corrected chi connectivity index (χ1v) is 10.8. The van der Waals surface area contributed by atoms with Gasteiger partial charge in [0.15, 0.2) is 0 Å². The van der Waals surface area contributed by atoms with E-state index in [2.05, 4.69) is 0 Å². The molecule has 0 bridgehead atoms. The third kappa shape index (κ3) is 5.12. The second kappa shape index (κ2) is 10.4. The number of hydrogen-bond acceptors (Lipinski definition) is 7. The number of phenolic OH excluding ortho intramolecular Hbond substituents is 1. The normalized spacial score (nSPS) is 17.6. The minimum absolute atomic E-state index is 0.0461. The highest BCUT2D eigenvalue weighted by Crippen LogP contribution is 2.41. The van der Waals surface area contributed by atoms with E-state index in [9.17, 15) is 19.8 Å². The van der Waals surface area contributed by atoms with Gasteiger partial charge in [0, 0.05) is 19.2 Å². The van der Waals surface area contributed by atoms with Crippen LogP contribution in [0.5, 0.6) is 17.2 Å². The fourth-order valence-corrected chi connectivity index (χ4v) is 3.74. The standard InChI is InChI=1S/C25H30N2O6/c1-5-13-33-18-8-6-7-16(14-18)22-21(24(30)25(31)27(22)12-11-26(2)3)23(29)19-10-9-17(32-4)15-20(19)28/h6-10,14-15,22,28-29H,5,11-13H2,1-4H3.